The molecule has 1 aliphatic carbocycles. The monoisotopic (exact) mass is 278 g/mol. The Balaban J connectivity index is 1.79. The third kappa shape index (κ3) is 4.45. The zero-order valence-electron chi connectivity index (χ0n) is 11.9. The number of carbonyl (C=O) groups excluding carboxylic acids is 1. The smallest absolute Gasteiger partial charge is 0.272 e. The molecule has 0 spiro atoms. The van der Waals surface area contributed by atoms with Crippen molar-refractivity contribution in [2.75, 3.05) is 25.6 Å². The maximum absolute atomic E-state index is 12.0. The Kier molecular flexibility index (Phi) is 5.73. The van der Waals surface area contributed by atoms with E-state index in [0.29, 0.717) is 24.2 Å². The van der Waals surface area contributed by atoms with Gasteiger partial charge < -0.3 is 15.4 Å². The van der Waals surface area contributed by atoms with Crippen molar-refractivity contribution < 1.29 is 9.53 Å². The Morgan fingerprint density at radius 3 is 2.80 bits per heavy atom. The van der Waals surface area contributed by atoms with Gasteiger partial charge >= 0.3 is 0 Å². The van der Waals surface area contributed by atoms with Crippen molar-refractivity contribution in [2.45, 2.75) is 38.1 Å². The number of methoxy groups -OCH3 is 1. The molecule has 1 aromatic rings. The van der Waals surface area contributed by atoms with E-state index in [9.17, 15) is 4.79 Å². The lowest BCUT2D eigenvalue weighted by Gasteiger charge is -2.11. The molecule has 1 aliphatic rings. The molecule has 20 heavy (non-hydrogen) atoms. The third-order valence-corrected chi connectivity index (χ3v) is 3.42. The zero-order valence-corrected chi connectivity index (χ0v) is 11.9. The summed E-state index contributed by atoms with van der Waals surface area (Å²) in [5.41, 5.74) is 0.374. The number of nitrogens with one attached hydrogen (secondary N) is 2. The summed E-state index contributed by atoms with van der Waals surface area (Å²) >= 11 is 0. The maximum Gasteiger partial charge on any atom is 0.272 e. The summed E-state index contributed by atoms with van der Waals surface area (Å²) < 4.78 is 4.96. The highest BCUT2D eigenvalue weighted by molar-refractivity contribution is 5.92. The van der Waals surface area contributed by atoms with Gasteiger partial charge in [0, 0.05) is 26.3 Å². The van der Waals surface area contributed by atoms with Crippen LogP contribution in [0.25, 0.3) is 0 Å². The van der Waals surface area contributed by atoms with Crippen LogP contribution in [0.2, 0.25) is 0 Å². The molecule has 110 valence electrons. The summed E-state index contributed by atoms with van der Waals surface area (Å²) in [6.07, 6.45) is 5.43. The summed E-state index contributed by atoms with van der Waals surface area (Å²) in [7, 11) is 1.68. The van der Waals surface area contributed by atoms with Gasteiger partial charge in [-0.05, 0) is 31.4 Å². The van der Waals surface area contributed by atoms with E-state index in [1.54, 1.807) is 19.2 Å². The Labute approximate surface area is 119 Å². The Morgan fingerprint density at radius 1 is 1.35 bits per heavy atom. The molecule has 1 fully saturated rings. The molecule has 0 saturated heterocycles. The van der Waals surface area contributed by atoms with Gasteiger partial charge in [0.2, 0.25) is 0 Å². The van der Waals surface area contributed by atoms with Crippen molar-refractivity contribution in [1.82, 2.24) is 15.5 Å². The molecular weight excluding hydrogens is 256 g/mol. The summed E-state index contributed by atoms with van der Waals surface area (Å²) in [6, 6.07) is 3.79. The van der Waals surface area contributed by atoms with Gasteiger partial charge in [-0.3, -0.25) is 4.79 Å². The van der Waals surface area contributed by atoms with Gasteiger partial charge in [-0.1, -0.05) is 12.8 Å². The number of anilines is 1. The first-order chi connectivity index (χ1) is 9.79. The van der Waals surface area contributed by atoms with Crippen LogP contribution >= 0.6 is 0 Å². The zero-order chi connectivity index (χ0) is 14.2. The molecule has 1 saturated carbocycles. The van der Waals surface area contributed by atoms with Crippen molar-refractivity contribution in [1.29, 1.82) is 0 Å². The van der Waals surface area contributed by atoms with Crippen LogP contribution in [0, 0.1) is 0 Å². The molecule has 0 aliphatic heterocycles. The number of carbonyl (C=O) groups is 1. The quantitative estimate of drug-likeness (QED) is 0.741. The first-order valence-corrected chi connectivity index (χ1v) is 7.17. The number of ether oxygens (including phenoxy) is 1. The minimum atomic E-state index is -0.129. The van der Waals surface area contributed by atoms with Crippen LogP contribution in [0.1, 0.15) is 42.6 Å². The fraction of sp³-hybridized carbons (Fsp3) is 0.643. The molecular formula is C14H22N4O2. The molecule has 2 N–H and O–H groups in total. The fourth-order valence-electron chi connectivity index (χ4n) is 2.31. The van der Waals surface area contributed by atoms with E-state index >= 15 is 0 Å². The summed E-state index contributed by atoms with van der Waals surface area (Å²) in [6.45, 7) is 1.48. The first kappa shape index (κ1) is 14.7. The number of rotatable bonds is 7. The molecule has 1 aromatic heterocycles. The van der Waals surface area contributed by atoms with E-state index in [-0.39, 0.29) is 5.91 Å². The first-order valence-electron chi connectivity index (χ1n) is 7.17. The van der Waals surface area contributed by atoms with Crippen LogP contribution < -0.4 is 10.6 Å². The Morgan fingerprint density at radius 2 is 2.15 bits per heavy atom. The molecule has 1 heterocycles. The van der Waals surface area contributed by atoms with E-state index in [4.69, 9.17) is 4.74 Å². The maximum atomic E-state index is 12.0. The minimum absolute atomic E-state index is 0.129. The van der Waals surface area contributed by atoms with Crippen molar-refractivity contribution in [3.8, 4) is 0 Å². The molecule has 0 radical (unpaired) electrons. The van der Waals surface area contributed by atoms with Crippen molar-refractivity contribution >= 4 is 11.7 Å². The lowest BCUT2D eigenvalue weighted by Crippen LogP contribution is -2.33. The van der Waals surface area contributed by atoms with Crippen LogP contribution in [-0.2, 0) is 4.74 Å². The predicted octanol–water partition coefficient (Wildman–Crippen LogP) is 1.60. The lowest BCUT2D eigenvalue weighted by atomic mass is 10.2. The molecule has 2 rings (SSSR count). The Hall–Kier alpha value is -1.69. The second-order valence-electron chi connectivity index (χ2n) is 5.03. The van der Waals surface area contributed by atoms with E-state index in [0.717, 1.165) is 25.8 Å². The van der Waals surface area contributed by atoms with Crippen LogP contribution in [0.5, 0.6) is 0 Å². The molecule has 0 bridgehead atoms. The molecule has 6 nitrogen and oxygen atoms in total. The SMILES string of the molecule is COCCCNc1ccc(C(=O)NC2CCCC2)nn1. The number of hydrogen-bond donors (Lipinski definition) is 2. The standard InChI is InChI=1S/C14H22N4O2/c1-20-10-4-9-15-13-8-7-12(17-18-13)14(19)16-11-5-2-3-6-11/h7-8,11H,2-6,9-10H2,1H3,(H,15,18)(H,16,19). The van der Waals surface area contributed by atoms with Crippen molar-refractivity contribution in [3.05, 3.63) is 17.8 Å². The number of aromatic nitrogens is 2. The van der Waals surface area contributed by atoms with Crippen molar-refractivity contribution in [3.63, 3.8) is 0 Å². The largest absolute Gasteiger partial charge is 0.385 e. The van der Waals surface area contributed by atoms with Crippen LogP contribution in [-0.4, -0.2) is 42.4 Å². The third-order valence-electron chi connectivity index (χ3n) is 3.42. The number of nitrogens with zero attached hydrogens (tertiary/aromatic N) is 2. The highest BCUT2D eigenvalue weighted by atomic mass is 16.5. The van der Waals surface area contributed by atoms with Crippen LogP contribution in [0.3, 0.4) is 0 Å². The highest BCUT2D eigenvalue weighted by Crippen LogP contribution is 2.17. The van der Waals surface area contributed by atoms with Gasteiger partial charge in [-0.25, -0.2) is 0 Å². The van der Waals surface area contributed by atoms with Gasteiger partial charge in [-0.2, -0.15) is 0 Å². The van der Waals surface area contributed by atoms with E-state index in [1.165, 1.54) is 12.8 Å². The predicted molar refractivity (Wildman–Crippen MR) is 76.7 cm³/mol. The second-order valence-corrected chi connectivity index (χ2v) is 5.03. The van der Waals surface area contributed by atoms with Gasteiger partial charge in [0.1, 0.15) is 5.82 Å². The average molecular weight is 278 g/mol. The summed E-state index contributed by atoms with van der Waals surface area (Å²) in [4.78, 5) is 12.0. The molecule has 0 aromatic carbocycles. The van der Waals surface area contributed by atoms with Crippen molar-refractivity contribution in [2.24, 2.45) is 0 Å². The molecule has 1 amide bonds. The molecule has 0 unspecified atom stereocenters. The average Bonchev–Trinajstić information content (AvgIpc) is 2.97. The van der Waals surface area contributed by atoms with Gasteiger partial charge in [0.25, 0.3) is 5.91 Å². The molecule has 6 heteroatoms. The van der Waals surface area contributed by atoms with E-state index in [1.807, 2.05) is 0 Å². The van der Waals surface area contributed by atoms with Gasteiger partial charge in [0.15, 0.2) is 5.69 Å². The Bertz CT molecular complexity index is 416. The van der Waals surface area contributed by atoms with Gasteiger partial charge in [0.05, 0.1) is 0 Å². The molecule has 0 atom stereocenters. The number of hydrogen-bond acceptors (Lipinski definition) is 5. The summed E-state index contributed by atoms with van der Waals surface area (Å²) in [5, 5.41) is 14.1. The number of amides is 1. The second kappa shape index (κ2) is 7.79. The van der Waals surface area contributed by atoms with Crippen LogP contribution in [0.4, 0.5) is 5.82 Å². The lowest BCUT2D eigenvalue weighted by molar-refractivity contribution is 0.0932. The van der Waals surface area contributed by atoms with Crippen LogP contribution in [0.15, 0.2) is 12.1 Å². The fourth-order valence-corrected chi connectivity index (χ4v) is 2.31. The van der Waals surface area contributed by atoms with E-state index in [2.05, 4.69) is 20.8 Å². The topological polar surface area (TPSA) is 76.1 Å². The van der Waals surface area contributed by atoms with Gasteiger partial charge in [-0.15, -0.1) is 10.2 Å². The highest BCUT2D eigenvalue weighted by Gasteiger charge is 2.18. The normalized spacial score (nSPS) is 15.2. The van der Waals surface area contributed by atoms with E-state index < -0.39 is 0 Å². The summed E-state index contributed by atoms with van der Waals surface area (Å²) in [5.74, 6) is 0.550. The minimum Gasteiger partial charge on any atom is -0.385 e.